The molecule has 0 N–H and O–H groups in total. The van der Waals surface area contributed by atoms with Gasteiger partial charge in [-0.2, -0.15) is 4.21 Å². The van der Waals surface area contributed by atoms with Gasteiger partial charge in [-0.25, -0.2) is 0 Å². The summed E-state index contributed by atoms with van der Waals surface area (Å²) in [6.07, 6.45) is 2.93. The van der Waals surface area contributed by atoms with Gasteiger partial charge in [0, 0.05) is 21.0 Å². The van der Waals surface area contributed by atoms with Gasteiger partial charge in [0.2, 0.25) is 0 Å². The van der Waals surface area contributed by atoms with E-state index in [0.717, 1.165) is 6.42 Å². The zero-order valence-electron chi connectivity index (χ0n) is 6.18. The first-order valence-corrected chi connectivity index (χ1v) is 6.77. The predicted octanol–water partition coefficient (Wildman–Crippen LogP) is 1.42. The van der Waals surface area contributed by atoms with Crippen LogP contribution in [0.3, 0.4) is 0 Å². The Morgan fingerprint density at radius 1 is 1.67 bits per heavy atom. The largest absolute Gasteiger partial charge is 0.305 e. The zero-order chi connectivity index (χ0) is 8.39. The van der Waals surface area contributed by atoms with E-state index < -0.39 is 11.4 Å². The number of hydrogen-bond donors (Lipinski definition) is 0. The fourth-order valence-corrected chi connectivity index (χ4v) is 3.44. The van der Waals surface area contributed by atoms with Crippen molar-refractivity contribution in [2.45, 2.75) is 18.6 Å². The van der Waals surface area contributed by atoms with Gasteiger partial charge >= 0.3 is 11.4 Å². The Bertz CT molecular complexity index is 255. The van der Waals surface area contributed by atoms with Gasteiger partial charge in [0.25, 0.3) is 0 Å². The molecule has 2 rings (SSSR count). The lowest BCUT2D eigenvalue weighted by atomic mass is 10.1. The number of hydrogen-bond acceptors (Lipinski definition) is 4. The molecule has 0 aromatic rings. The Balaban J connectivity index is 1.97. The van der Waals surface area contributed by atoms with Gasteiger partial charge in [-0.15, -0.1) is 0 Å². The molecule has 2 aliphatic heterocycles. The maximum absolute atomic E-state index is 10.7. The molecular formula is C6H8INO3S. The Morgan fingerprint density at radius 2 is 2.58 bits per heavy atom. The average Bonchev–Trinajstić information content (AvgIpc) is 2.54. The van der Waals surface area contributed by atoms with Crippen LogP contribution in [0.15, 0.2) is 13.3 Å². The molecule has 0 aromatic carbocycles. The van der Waals surface area contributed by atoms with Gasteiger partial charge in [0.1, 0.15) is 6.10 Å². The van der Waals surface area contributed by atoms with Crippen molar-refractivity contribution in [1.29, 1.82) is 0 Å². The van der Waals surface area contributed by atoms with E-state index in [1.165, 1.54) is 0 Å². The van der Waals surface area contributed by atoms with Crippen molar-refractivity contribution in [2.75, 3.05) is 6.61 Å². The van der Waals surface area contributed by atoms with Crippen LogP contribution in [0.25, 0.3) is 0 Å². The summed E-state index contributed by atoms with van der Waals surface area (Å²) < 4.78 is 27.1. The maximum Gasteiger partial charge on any atom is 0.305 e. The third-order valence-electron chi connectivity index (χ3n) is 1.66. The van der Waals surface area contributed by atoms with Crippen molar-refractivity contribution < 1.29 is 12.6 Å². The van der Waals surface area contributed by atoms with Crippen molar-refractivity contribution in [1.82, 2.24) is 0 Å². The van der Waals surface area contributed by atoms with Gasteiger partial charge in [0.15, 0.2) is 0 Å². The molecule has 0 spiro atoms. The van der Waals surface area contributed by atoms with Crippen LogP contribution in [0.4, 0.5) is 0 Å². The van der Waals surface area contributed by atoms with Crippen molar-refractivity contribution in [3.05, 3.63) is 10.2 Å². The normalized spacial score (nSPS) is 41.2. The molecule has 4 nitrogen and oxygen atoms in total. The Hall–Kier alpha value is 0.340. The van der Waals surface area contributed by atoms with Gasteiger partial charge < -0.3 is 0 Å². The molecule has 0 aliphatic carbocycles. The highest BCUT2D eigenvalue weighted by atomic mass is 127. The van der Waals surface area contributed by atoms with Crippen LogP contribution in [0.1, 0.15) is 6.42 Å². The second-order valence-electron chi connectivity index (χ2n) is 2.48. The summed E-state index contributed by atoms with van der Waals surface area (Å²) in [4.78, 5) is 0. The van der Waals surface area contributed by atoms with E-state index in [4.69, 9.17) is 8.37 Å². The predicted molar refractivity (Wildman–Crippen MR) is 53.0 cm³/mol. The molecule has 3 unspecified atom stereocenters. The Morgan fingerprint density at radius 3 is 3.17 bits per heavy atom. The van der Waals surface area contributed by atoms with E-state index in [-0.39, 0.29) is 33.2 Å². The van der Waals surface area contributed by atoms with Crippen LogP contribution in [-0.4, -0.2) is 23.0 Å². The summed E-state index contributed by atoms with van der Waals surface area (Å²) in [5.41, 5.74) is 0. The van der Waals surface area contributed by atoms with Gasteiger partial charge in [-0.05, 0) is 10.5 Å². The van der Waals surface area contributed by atoms with E-state index in [2.05, 4.69) is 13.3 Å². The molecular weight excluding hydrogens is 293 g/mol. The van der Waals surface area contributed by atoms with Crippen molar-refractivity contribution >= 4 is 32.4 Å². The lowest BCUT2D eigenvalue weighted by molar-refractivity contribution is 0.207. The number of rotatable bonds is 1. The van der Waals surface area contributed by atoms with E-state index in [1.54, 1.807) is 0 Å². The second-order valence-corrected chi connectivity index (χ2v) is 5.15. The second kappa shape index (κ2) is 4.03. The lowest BCUT2D eigenvalue weighted by Crippen LogP contribution is -2.25. The minimum Gasteiger partial charge on any atom is -0.266 e. The van der Waals surface area contributed by atoms with Crippen LogP contribution in [0.2, 0.25) is 0 Å². The van der Waals surface area contributed by atoms with Crippen molar-refractivity contribution in [3.63, 3.8) is 0 Å². The molecule has 68 valence electrons. The van der Waals surface area contributed by atoms with Crippen LogP contribution < -0.4 is 0 Å². The maximum atomic E-state index is 10.7. The van der Waals surface area contributed by atoms with Gasteiger partial charge in [0.05, 0.1) is 12.6 Å². The molecule has 0 bridgehead atoms. The zero-order valence-corrected chi connectivity index (χ0v) is 9.16. The summed E-state index contributed by atoms with van der Waals surface area (Å²) in [7, 11) is 0. The quantitative estimate of drug-likeness (QED) is 0.688. The van der Waals surface area contributed by atoms with Crippen LogP contribution in [0.5, 0.6) is 0 Å². The van der Waals surface area contributed by atoms with E-state index >= 15 is 0 Å². The fraction of sp³-hybridized carbons (Fsp3) is 0.667. The molecule has 2 heterocycles. The molecule has 3 atom stereocenters. The highest BCUT2D eigenvalue weighted by Gasteiger charge is 2.30. The molecule has 6 heteroatoms. The topological polar surface area (TPSA) is 47.9 Å². The first-order valence-electron chi connectivity index (χ1n) is 3.56. The molecule has 1 saturated heterocycles. The molecule has 0 saturated carbocycles. The first-order chi connectivity index (χ1) is 5.86. The minimum absolute atomic E-state index is 0.0875. The summed E-state index contributed by atoms with van der Waals surface area (Å²) in [5.74, 6) is 0. The fourth-order valence-electron chi connectivity index (χ4n) is 1.04. The summed E-state index contributed by atoms with van der Waals surface area (Å²) in [6.45, 7) is 0.415. The van der Waals surface area contributed by atoms with Crippen molar-refractivity contribution in [3.8, 4) is 0 Å². The standard InChI is InChI=1S/C6H8INO3S/c9-12-10-4-6(11-12)5-2-1-3-7-8-5/h1,3,5-6H,2,4H2. The van der Waals surface area contributed by atoms with E-state index in [0.29, 0.717) is 6.61 Å². The third kappa shape index (κ3) is 1.98. The van der Waals surface area contributed by atoms with Crippen LogP contribution in [0, 0.1) is 0 Å². The summed E-state index contributed by atoms with van der Waals surface area (Å²) in [6, 6.07) is 0.175. The lowest BCUT2D eigenvalue weighted by Gasteiger charge is -2.14. The highest BCUT2D eigenvalue weighted by molar-refractivity contribution is 14.2. The number of nitrogens with zero attached hydrogens (tertiary/aromatic N) is 1. The smallest absolute Gasteiger partial charge is 0.266 e. The highest BCUT2D eigenvalue weighted by Crippen LogP contribution is 2.24. The molecule has 0 amide bonds. The SMILES string of the molecule is O=S1OCC(C2CC=CI=N2)O1. The van der Waals surface area contributed by atoms with E-state index in [1.807, 2.05) is 0 Å². The minimum atomic E-state index is -1.53. The summed E-state index contributed by atoms with van der Waals surface area (Å²) in [5, 5.41) is 0. The van der Waals surface area contributed by atoms with Crippen LogP contribution >= 0.6 is 21.0 Å². The van der Waals surface area contributed by atoms with Crippen molar-refractivity contribution in [2.24, 2.45) is 3.15 Å². The third-order valence-corrected chi connectivity index (χ3v) is 4.26. The molecule has 0 aromatic heterocycles. The van der Waals surface area contributed by atoms with E-state index in [9.17, 15) is 4.21 Å². The molecule has 2 aliphatic rings. The summed E-state index contributed by atoms with van der Waals surface area (Å²) >= 11 is -1.67. The van der Waals surface area contributed by atoms with Crippen LogP contribution in [-0.2, 0) is 19.7 Å². The Kier molecular flexibility index (Phi) is 3.00. The van der Waals surface area contributed by atoms with Gasteiger partial charge in [-0.1, -0.05) is 6.08 Å². The molecule has 1 fully saturated rings. The van der Waals surface area contributed by atoms with Gasteiger partial charge in [-0.3, -0.25) is 11.5 Å². The molecule has 12 heavy (non-hydrogen) atoms. The Labute approximate surface area is 83.3 Å². The average molecular weight is 301 g/mol. The monoisotopic (exact) mass is 301 g/mol. The number of halogens is 1. The molecule has 0 radical (unpaired) electrons. The first kappa shape index (κ1) is 8.92.